The van der Waals surface area contributed by atoms with E-state index >= 15 is 0 Å². The van der Waals surface area contributed by atoms with Gasteiger partial charge in [-0.05, 0) is 24.1 Å². The molecule has 2 aliphatic heterocycles. The highest BCUT2D eigenvalue weighted by Gasteiger charge is 2.28. The number of aliphatic imine (C=N–C) groups is 1. The molecule has 23 heavy (non-hydrogen) atoms. The van der Waals surface area contributed by atoms with E-state index < -0.39 is 10.0 Å². The molecule has 0 saturated carbocycles. The van der Waals surface area contributed by atoms with Crippen molar-refractivity contribution in [3.8, 4) is 0 Å². The number of nitrogens with two attached hydrogens (primary N) is 1. The number of anilines is 1. The number of benzene rings is 1. The van der Waals surface area contributed by atoms with E-state index in [2.05, 4.69) is 9.89 Å². The third-order valence-corrected chi connectivity index (χ3v) is 6.87. The van der Waals surface area contributed by atoms with Gasteiger partial charge in [0.1, 0.15) is 0 Å². The predicted octanol–water partition coefficient (Wildman–Crippen LogP) is 1.09. The molecule has 126 valence electrons. The molecular weight excluding hydrogens is 332 g/mol. The average molecular weight is 355 g/mol. The van der Waals surface area contributed by atoms with Crippen LogP contribution in [-0.2, 0) is 16.6 Å². The van der Waals surface area contributed by atoms with Crippen LogP contribution in [0.2, 0.25) is 0 Å². The molecule has 2 saturated heterocycles. The lowest BCUT2D eigenvalue weighted by Crippen LogP contribution is -2.42. The van der Waals surface area contributed by atoms with Gasteiger partial charge in [0, 0.05) is 31.1 Å². The normalized spacial score (nSPS) is 21.7. The minimum Gasteiger partial charge on any atom is -0.370 e. The van der Waals surface area contributed by atoms with Gasteiger partial charge in [-0.3, -0.25) is 4.31 Å². The van der Waals surface area contributed by atoms with Crippen molar-refractivity contribution in [1.82, 2.24) is 4.90 Å². The molecule has 2 aliphatic rings. The maximum Gasteiger partial charge on any atom is 0.235 e. The molecule has 1 aromatic carbocycles. The summed E-state index contributed by atoms with van der Waals surface area (Å²) in [6, 6.07) is 7.56. The highest BCUT2D eigenvalue weighted by Crippen LogP contribution is 2.25. The Morgan fingerprint density at radius 2 is 2.04 bits per heavy atom. The van der Waals surface area contributed by atoms with Crippen LogP contribution >= 0.6 is 11.8 Å². The first-order valence-corrected chi connectivity index (χ1v) is 10.5. The van der Waals surface area contributed by atoms with Gasteiger partial charge in [-0.2, -0.15) is 11.8 Å². The molecule has 8 heteroatoms. The van der Waals surface area contributed by atoms with Crippen LogP contribution in [0.25, 0.3) is 0 Å². The molecule has 0 unspecified atom stereocenters. The van der Waals surface area contributed by atoms with Crippen molar-refractivity contribution in [2.45, 2.75) is 13.0 Å². The third-order valence-electron chi connectivity index (χ3n) is 4.06. The fraction of sp³-hybridized carbons (Fsp3) is 0.533. The van der Waals surface area contributed by atoms with E-state index in [0.717, 1.165) is 35.8 Å². The van der Waals surface area contributed by atoms with Crippen LogP contribution in [-0.4, -0.2) is 56.2 Å². The molecule has 0 bridgehead atoms. The summed E-state index contributed by atoms with van der Waals surface area (Å²) in [5.41, 5.74) is 7.76. The number of hydrogen-bond donors (Lipinski definition) is 1. The van der Waals surface area contributed by atoms with Crippen molar-refractivity contribution in [2.24, 2.45) is 10.7 Å². The molecule has 2 N–H and O–H groups in total. The summed E-state index contributed by atoms with van der Waals surface area (Å²) in [5.74, 6) is 2.97. The number of nitrogens with zero attached hydrogens (tertiary/aromatic N) is 3. The van der Waals surface area contributed by atoms with Gasteiger partial charge in [-0.1, -0.05) is 12.1 Å². The fourth-order valence-electron chi connectivity index (χ4n) is 2.80. The Morgan fingerprint density at radius 3 is 2.74 bits per heavy atom. The molecule has 0 aromatic heterocycles. The van der Waals surface area contributed by atoms with E-state index in [0.29, 0.717) is 25.5 Å². The predicted molar refractivity (Wildman–Crippen MR) is 96.4 cm³/mol. The van der Waals surface area contributed by atoms with Gasteiger partial charge in [-0.25, -0.2) is 13.4 Å². The Balaban J connectivity index is 1.70. The SMILES string of the molecule is NC(=NCc1cccc(N2CCCS2(=O)=O)c1)N1CCSCC1. The molecule has 0 atom stereocenters. The van der Waals surface area contributed by atoms with E-state index in [9.17, 15) is 8.42 Å². The number of rotatable bonds is 3. The largest absolute Gasteiger partial charge is 0.370 e. The Morgan fingerprint density at radius 1 is 1.26 bits per heavy atom. The number of thioether (sulfide) groups is 1. The second-order valence-corrected chi connectivity index (χ2v) is 8.92. The zero-order valence-electron chi connectivity index (χ0n) is 13.0. The lowest BCUT2D eigenvalue weighted by atomic mass is 10.2. The van der Waals surface area contributed by atoms with Crippen molar-refractivity contribution >= 4 is 33.4 Å². The van der Waals surface area contributed by atoms with E-state index in [1.807, 2.05) is 36.0 Å². The maximum atomic E-state index is 12.0. The van der Waals surface area contributed by atoms with Gasteiger partial charge in [0.25, 0.3) is 0 Å². The van der Waals surface area contributed by atoms with Gasteiger partial charge in [0.2, 0.25) is 10.0 Å². The summed E-state index contributed by atoms with van der Waals surface area (Å²) in [5, 5.41) is 0. The highest BCUT2D eigenvalue weighted by atomic mass is 32.2. The van der Waals surface area contributed by atoms with Gasteiger partial charge < -0.3 is 10.6 Å². The Labute approximate surface area is 141 Å². The molecule has 3 rings (SSSR count). The topological polar surface area (TPSA) is 79.0 Å². The molecule has 0 amide bonds. The second kappa shape index (κ2) is 7.00. The smallest absolute Gasteiger partial charge is 0.235 e. The number of hydrogen-bond acceptors (Lipinski definition) is 4. The Bertz CT molecular complexity index is 684. The quantitative estimate of drug-likeness (QED) is 0.649. The van der Waals surface area contributed by atoms with Crippen LogP contribution in [0.15, 0.2) is 29.3 Å². The zero-order valence-corrected chi connectivity index (χ0v) is 14.7. The summed E-state index contributed by atoms with van der Waals surface area (Å²) in [6.07, 6.45) is 0.685. The third kappa shape index (κ3) is 3.92. The maximum absolute atomic E-state index is 12.0. The minimum atomic E-state index is -3.14. The van der Waals surface area contributed by atoms with E-state index in [4.69, 9.17) is 5.73 Å². The van der Waals surface area contributed by atoms with Crippen LogP contribution in [0.4, 0.5) is 5.69 Å². The highest BCUT2D eigenvalue weighted by molar-refractivity contribution is 7.99. The monoisotopic (exact) mass is 354 g/mol. The number of guanidine groups is 1. The molecular formula is C15H22N4O2S2. The zero-order chi connectivity index (χ0) is 16.3. The van der Waals surface area contributed by atoms with Crippen LogP contribution in [0.1, 0.15) is 12.0 Å². The Kier molecular flexibility index (Phi) is 5.01. The summed E-state index contributed by atoms with van der Waals surface area (Å²) in [4.78, 5) is 6.57. The van der Waals surface area contributed by atoms with Crippen LogP contribution < -0.4 is 10.0 Å². The molecule has 2 fully saturated rings. The van der Waals surface area contributed by atoms with E-state index in [1.54, 1.807) is 0 Å². The Hall–Kier alpha value is -1.41. The van der Waals surface area contributed by atoms with Gasteiger partial charge in [-0.15, -0.1) is 0 Å². The summed E-state index contributed by atoms with van der Waals surface area (Å²) >= 11 is 1.93. The first-order valence-electron chi connectivity index (χ1n) is 7.78. The molecule has 1 aromatic rings. The first-order chi connectivity index (χ1) is 11.1. The molecule has 0 spiro atoms. The van der Waals surface area contributed by atoms with E-state index in [-0.39, 0.29) is 5.75 Å². The van der Waals surface area contributed by atoms with Gasteiger partial charge in [0.15, 0.2) is 5.96 Å². The van der Waals surface area contributed by atoms with Crippen LogP contribution in [0.3, 0.4) is 0 Å². The van der Waals surface area contributed by atoms with Crippen molar-refractivity contribution in [2.75, 3.05) is 41.2 Å². The molecule has 0 radical (unpaired) electrons. The first kappa shape index (κ1) is 16.4. The molecule has 2 heterocycles. The molecule has 0 aliphatic carbocycles. The van der Waals surface area contributed by atoms with E-state index in [1.165, 1.54) is 4.31 Å². The minimum absolute atomic E-state index is 0.231. The van der Waals surface area contributed by atoms with Crippen molar-refractivity contribution in [1.29, 1.82) is 0 Å². The fourth-order valence-corrected chi connectivity index (χ4v) is 5.26. The number of sulfonamides is 1. The molecule has 6 nitrogen and oxygen atoms in total. The second-order valence-electron chi connectivity index (χ2n) is 5.69. The summed E-state index contributed by atoms with van der Waals surface area (Å²) in [7, 11) is -3.14. The lowest BCUT2D eigenvalue weighted by molar-refractivity contribution is 0.455. The summed E-state index contributed by atoms with van der Waals surface area (Å²) in [6.45, 7) is 2.90. The summed E-state index contributed by atoms with van der Waals surface area (Å²) < 4.78 is 25.5. The van der Waals surface area contributed by atoms with Gasteiger partial charge in [0.05, 0.1) is 18.0 Å². The van der Waals surface area contributed by atoms with Crippen molar-refractivity contribution in [3.05, 3.63) is 29.8 Å². The lowest BCUT2D eigenvalue weighted by Gasteiger charge is -2.27. The van der Waals surface area contributed by atoms with Crippen LogP contribution in [0, 0.1) is 0 Å². The van der Waals surface area contributed by atoms with Crippen molar-refractivity contribution in [3.63, 3.8) is 0 Å². The van der Waals surface area contributed by atoms with Gasteiger partial charge >= 0.3 is 0 Å². The van der Waals surface area contributed by atoms with Crippen LogP contribution in [0.5, 0.6) is 0 Å². The van der Waals surface area contributed by atoms with Crippen molar-refractivity contribution < 1.29 is 8.42 Å². The standard InChI is InChI=1S/C15H22N4O2S2/c16-15(18-6-8-22-9-7-18)17-12-13-3-1-4-14(11-13)19-5-2-10-23(19,20)21/h1,3-4,11H,2,5-10,12H2,(H2,16,17). The average Bonchev–Trinajstić information content (AvgIpc) is 2.93.